The number of carboxylic acid groups (broad SMARTS) is 1. The van der Waals surface area contributed by atoms with Gasteiger partial charge in [0.25, 0.3) is 5.91 Å². The number of benzene rings is 1. The maximum atomic E-state index is 12.0. The van der Waals surface area contributed by atoms with E-state index in [-0.39, 0.29) is 11.5 Å². The summed E-state index contributed by atoms with van der Waals surface area (Å²) < 4.78 is 5.45. The first-order chi connectivity index (χ1) is 8.45. The van der Waals surface area contributed by atoms with Crippen LogP contribution in [0.25, 0.3) is 0 Å². The lowest BCUT2D eigenvalue weighted by atomic mass is 10.1. The van der Waals surface area contributed by atoms with Crippen molar-refractivity contribution in [1.29, 1.82) is 0 Å². The molecule has 1 N–H and O–H groups in total. The number of carboxylic acids is 1. The predicted molar refractivity (Wildman–Crippen MR) is 69.9 cm³/mol. The van der Waals surface area contributed by atoms with Gasteiger partial charge in [-0.1, -0.05) is 15.9 Å². The van der Waals surface area contributed by atoms with Gasteiger partial charge < -0.3 is 14.7 Å². The second-order valence-electron chi connectivity index (χ2n) is 3.75. The lowest BCUT2D eigenvalue weighted by Crippen LogP contribution is -2.30. The van der Waals surface area contributed by atoms with Gasteiger partial charge in [0.1, 0.15) is 0 Å². The molecule has 1 amide bonds. The van der Waals surface area contributed by atoms with Crippen molar-refractivity contribution < 1.29 is 19.4 Å². The highest BCUT2D eigenvalue weighted by molar-refractivity contribution is 9.10. The minimum atomic E-state index is -1.06. The van der Waals surface area contributed by atoms with Crippen LogP contribution < -0.4 is 0 Å². The van der Waals surface area contributed by atoms with E-state index in [0.717, 1.165) is 0 Å². The highest BCUT2D eigenvalue weighted by atomic mass is 79.9. The van der Waals surface area contributed by atoms with Crippen molar-refractivity contribution in [2.24, 2.45) is 0 Å². The third kappa shape index (κ3) is 3.82. The number of likely N-dealkylation sites (N-methyl/N-ethyl adjacent to an activating group) is 1. The van der Waals surface area contributed by atoms with Crippen LogP contribution in [0.1, 0.15) is 20.7 Å². The number of nitrogens with zero attached hydrogens (tertiary/aromatic N) is 1. The second-order valence-corrected chi connectivity index (χ2v) is 4.67. The van der Waals surface area contributed by atoms with Crippen LogP contribution in [0.4, 0.5) is 0 Å². The molecule has 0 heterocycles. The van der Waals surface area contributed by atoms with Crippen LogP contribution in [0.3, 0.4) is 0 Å². The first-order valence-electron chi connectivity index (χ1n) is 5.24. The van der Waals surface area contributed by atoms with Crippen LogP contribution >= 0.6 is 15.9 Å². The monoisotopic (exact) mass is 315 g/mol. The minimum Gasteiger partial charge on any atom is -0.478 e. The SMILES string of the molecule is COCCN(C)C(=O)c1cc(Br)cc(C(=O)O)c1. The van der Waals surface area contributed by atoms with Gasteiger partial charge in [0.15, 0.2) is 0 Å². The fourth-order valence-electron chi connectivity index (χ4n) is 1.39. The highest BCUT2D eigenvalue weighted by Crippen LogP contribution is 2.17. The number of ether oxygens (including phenoxy) is 1. The Balaban J connectivity index is 2.95. The maximum absolute atomic E-state index is 12.0. The second kappa shape index (κ2) is 6.51. The average Bonchev–Trinajstić information content (AvgIpc) is 2.34. The fourth-order valence-corrected chi connectivity index (χ4v) is 1.88. The van der Waals surface area contributed by atoms with Crippen LogP contribution in [0, 0.1) is 0 Å². The summed E-state index contributed by atoms with van der Waals surface area (Å²) >= 11 is 3.19. The van der Waals surface area contributed by atoms with E-state index < -0.39 is 5.97 Å². The average molecular weight is 316 g/mol. The molecule has 18 heavy (non-hydrogen) atoms. The van der Waals surface area contributed by atoms with Crippen molar-refractivity contribution in [3.8, 4) is 0 Å². The molecule has 6 heteroatoms. The Morgan fingerprint density at radius 3 is 2.50 bits per heavy atom. The van der Waals surface area contributed by atoms with Gasteiger partial charge >= 0.3 is 5.97 Å². The maximum Gasteiger partial charge on any atom is 0.335 e. The standard InChI is InChI=1S/C12H14BrNO4/c1-14(3-4-18-2)11(15)8-5-9(12(16)17)7-10(13)6-8/h5-7H,3-4H2,1-2H3,(H,16,17). The molecule has 0 aliphatic carbocycles. The number of amides is 1. The number of aromatic carboxylic acids is 1. The van der Waals surface area contributed by atoms with Crippen molar-refractivity contribution in [3.05, 3.63) is 33.8 Å². The van der Waals surface area contributed by atoms with Crippen LogP contribution in [0.15, 0.2) is 22.7 Å². The van der Waals surface area contributed by atoms with Crippen LogP contribution in [-0.4, -0.2) is 49.2 Å². The number of carbonyl (C=O) groups is 2. The lowest BCUT2D eigenvalue weighted by molar-refractivity contribution is 0.0696. The normalized spacial score (nSPS) is 10.2. The number of halogens is 1. The lowest BCUT2D eigenvalue weighted by Gasteiger charge is -2.17. The smallest absolute Gasteiger partial charge is 0.335 e. The molecule has 0 radical (unpaired) electrons. The third-order valence-electron chi connectivity index (χ3n) is 2.37. The molecular weight excluding hydrogens is 302 g/mol. The van der Waals surface area contributed by atoms with Crippen molar-refractivity contribution in [2.75, 3.05) is 27.3 Å². The summed E-state index contributed by atoms with van der Waals surface area (Å²) in [6.07, 6.45) is 0. The first kappa shape index (κ1) is 14.7. The molecule has 0 aliphatic heterocycles. The Morgan fingerprint density at radius 2 is 1.94 bits per heavy atom. The molecule has 0 saturated carbocycles. The van der Waals surface area contributed by atoms with Crippen molar-refractivity contribution >= 4 is 27.8 Å². The van der Waals surface area contributed by atoms with Gasteiger partial charge in [-0.05, 0) is 18.2 Å². The van der Waals surface area contributed by atoms with E-state index in [9.17, 15) is 9.59 Å². The first-order valence-corrected chi connectivity index (χ1v) is 6.03. The third-order valence-corrected chi connectivity index (χ3v) is 2.83. The van der Waals surface area contributed by atoms with Gasteiger partial charge in [0.05, 0.1) is 12.2 Å². The molecule has 0 spiro atoms. The summed E-state index contributed by atoms with van der Waals surface area (Å²) in [5, 5.41) is 8.93. The Kier molecular flexibility index (Phi) is 5.30. The Morgan fingerprint density at radius 1 is 1.33 bits per heavy atom. The quantitative estimate of drug-likeness (QED) is 0.900. The van der Waals surface area contributed by atoms with Crippen LogP contribution in [0.5, 0.6) is 0 Å². The van der Waals surface area contributed by atoms with Crippen molar-refractivity contribution in [1.82, 2.24) is 4.90 Å². The molecule has 5 nitrogen and oxygen atoms in total. The molecule has 0 bridgehead atoms. The topological polar surface area (TPSA) is 66.8 Å². The molecule has 0 aromatic heterocycles. The van der Waals surface area contributed by atoms with E-state index >= 15 is 0 Å². The summed E-state index contributed by atoms with van der Waals surface area (Å²) in [7, 11) is 3.20. The molecule has 0 fully saturated rings. The van der Waals surface area contributed by atoms with Gasteiger partial charge in [0.2, 0.25) is 0 Å². The summed E-state index contributed by atoms with van der Waals surface area (Å²) in [4.78, 5) is 24.4. The van der Waals surface area contributed by atoms with E-state index in [4.69, 9.17) is 9.84 Å². The molecular formula is C12H14BrNO4. The Hall–Kier alpha value is -1.40. The zero-order chi connectivity index (χ0) is 13.7. The van der Waals surface area contributed by atoms with E-state index in [1.54, 1.807) is 20.2 Å². The number of methoxy groups -OCH3 is 1. The summed E-state index contributed by atoms with van der Waals surface area (Å²) in [5.41, 5.74) is 0.410. The fraction of sp³-hybridized carbons (Fsp3) is 0.333. The summed E-state index contributed by atoms with van der Waals surface area (Å²) in [6, 6.07) is 4.41. The van der Waals surface area contributed by atoms with Crippen LogP contribution in [0.2, 0.25) is 0 Å². The van der Waals surface area contributed by atoms with E-state index in [2.05, 4.69) is 15.9 Å². The highest BCUT2D eigenvalue weighted by Gasteiger charge is 2.14. The molecule has 1 aromatic rings. The van der Waals surface area contributed by atoms with Crippen LogP contribution in [-0.2, 0) is 4.74 Å². The summed E-state index contributed by atoms with van der Waals surface area (Å²) in [6.45, 7) is 0.881. The van der Waals surface area contributed by atoms with E-state index in [0.29, 0.717) is 23.2 Å². The molecule has 0 aliphatic rings. The number of hydrogen-bond donors (Lipinski definition) is 1. The molecule has 1 aromatic carbocycles. The predicted octanol–water partition coefficient (Wildman–Crippen LogP) is 1.87. The Labute approximate surface area is 113 Å². The van der Waals surface area contributed by atoms with Crippen molar-refractivity contribution in [2.45, 2.75) is 0 Å². The van der Waals surface area contributed by atoms with Gasteiger partial charge in [-0.25, -0.2) is 4.79 Å². The number of rotatable bonds is 5. The van der Waals surface area contributed by atoms with E-state index in [1.807, 2.05) is 0 Å². The molecule has 1 rings (SSSR count). The van der Waals surface area contributed by atoms with Gasteiger partial charge in [-0.2, -0.15) is 0 Å². The summed E-state index contributed by atoms with van der Waals surface area (Å²) in [5.74, 6) is -1.30. The zero-order valence-electron chi connectivity index (χ0n) is 10.1. The van der Waals surface area contributed by atoms with Crippen molar-refractivity contribution in [3.63, 3.8) is 0 Å². The molecule has 0 unspecified atom stereocenters. The van der Waals surface area contributed by atoms with Gasteiger partial charge in [-0.3, -0.25) is 4.79 Å². The molecule has 98 valence electrons. The zero-order valence-corrected chi connectivity index (χ0v) is 11.7. The minimum absolute atomic E-state index is 0.0767. The molecule has 0 atom stereocenters. The van der Waals surface area contributed by atoms with Gasteiger partial charge in [0, 0.05) is 30.7 Å². The van der Waals surface area contributed by atoms with Gasteiger partial charge in [-0.15, -0.1) is 0 Å². The molecule has 0 saturated heterocycles. The number of carbonyl (C=O) groups excluding carboxylic acids is 1. The largest absolute Gasteiger partial charge is 0.478 e. The number of hydrogen-bond acceptors (Lipinski definition) is 3. The Bertz CT molecular complexity index is 461. The van der Waals surface area contributed by atoms with E-state index in [1.165, 1.54) is 17.0 Å².